The minimum Gasteiger partial charge on any atom is -0.385 e. The van der Waals surface area contributed by atoms with Crippen LogP contribution in [0.15, 0.2) is 57.3 Å². The topological polar surface area (TPSA) is 73.2 Å². The molecule has 0 fully saturated rings. The van der Waals surface area contributed by atoms with E-state index in [0.717, 1.165) is 10.6 Å². The number of carbonyl (C=O) groups is 1. The summed E-state index contributed by atoms with van der Waals surface area (Å²) in [6.45, 7) is 2.77. The number of anilines is 1. The van der Waals surface area contributed by atoms with Crippen molar-refractivity contribution in [3.63, 3.8) is 0 Å². The smallest absolute Gasteiger partial charge is 0.262 e. The zero-order valence-corrected chi connectivity index (χ0v) is 19.9. The van der Waals surface area contributed by atoms with Crippen LogP contribution < -0.4 is 10.9 Å². The lowest BCUT2D eigenvalue weighted by molar-refractivity contribution is -0.115. The molecule has 6 nitrogen and oxygen atoms in total. The standard InChI is InChI=1S/C22H24ClN3O3S2/c1-14(20(27)24-17-7-4-5-8-19(17)30-3)31-22-25-18-13-15(23)9-10-16(18)21(28)26(22)11-6-12-29-2/h4-5,7-10,13-14H,6,11-12H2,1-3H3,(H,24,27). The first-order valence-corrected chi connectivity index (χ1v) is 12.2. The molecule has 0 saturated carbocycles. The second kappa shape index (κ2) is 11.0. The minimum atomic E-state index is -0.466. The summed E-state index contributed by atoms with van der Waals surface area (Å²) in [5.74, 6) is -0.157. The van der Waals surface area contributed by atoms with Crippen LogP contribution in [0.4, 0.5) is 5.69 Å². The molecule has 164 valence electrons. The molecule has 0 spiro atoms. The van der Waals surface area contributed by atoms with Gasteiger partial charge in [-0.05, 0) is 49.9 Å². The maximum absolute atomic E-state index is 13.1. The van der Waals surface area contributed by atoms with E-state index in [9.17, 15) is 9.59 Å². The first-order valence-electron chi connectivity index (χ1n) is 9.74. The molecule has 0 radical (unpaired) electrons. The number of fused-ring (bicyclic) bond motifs is 1. The van der Waals surface area contributed by atoms with Gasteiger partial charge in [-0.2, -0.15) is 0 Å². The number of nitrogens with zero attached hydrogens (tertiary/aromatic N) is 2. The van der Waals surface area contributed by atoms with Gasteiger partial charge in [0, 0.05) is 30.2 Å². The van der Waals surface area contributed by atoms with Crippen molar-refractivity contribution in [2.75, 3.05) is 25.3 Å². The Morgan fingerprint density at radius 2 is 2.06 bits per heavy atom. The highest BCUT2D eigenvalue weighted by Gasteiger charge is 2.20. The summed E-state index contributed by atoms with van der Waals surface area (Å²) < 4.78 is 6.74. The number of ether oxygens (including phenoxy) is 1. The highest BCUT2D eigenvalue weighted by atomic mass is 35.5. The van der Waals surface area contributed by atoms with Gasteiger partial charge in [0.25, 0.3) is 5.56 Å². The molecule has 3 rings (SSSR count). The van der Waals surface area contributed by atoms with Gasteiger partial charge in [0.1, 0.15) is 0 Å². The number of rotatable bonds is 9. The van der Waals surface area contributed by atoms with E-state index < -0.39 is 5.25 Å². The maximum atomic E-state index is 13.1. The molecule has 0 aliphatic heterocycles. The first-order chi connectivity index (χ1) is 14.9. The Morgan fingerprint density at radius 1 is 1.29 bits per heavy atom. The Labute approximate surface area is 194 Å². The SMILES string of the molecule is COCCCn1c(SC(C)C(=O)Nc2ccccc2SC)nc2cc(Cl)ccc2c1=O. The zero-order valence-electron chi connectivity index (χ0n) is 17.6. The number of benzene rings is 2. The summed E-state index contributed by atoms with van der Waals surface area (Å²) in [6.07, 6.45) is 2.62. The van der Waals surface area contributed by atoms with Crippen molar-refractivity contribution in [2.24, 2.45) is 0 Å². The Kier molecular flexibility index (Phi) is 8.43. The molecule has 1 aromatic heterocycles. The number of thioether (sulfide) groups is 2. The summed E-state index contributed by atoms with van der Waals surface area (Å²) in [4.78, 5) is 31.6. The number of hydrogen-bond acceptors (Lipinski definition) is 6. The molecule has 0 bridgehead atoms. The number of amides is 1. The monoisotopic (exact) mass is 477 g/mol. The zero-order chi connectivity index (χ0) is 22.4. The Bertz CT molecular complexity index is 1140. The van der Waals surface area contributed by atoms with Crippen molar-refractivity contribution < 1.29 is 9.53 Å². The molecule has 1 heterocycles. The Balaban J connectivity index is 1.89. The third kappa shape index (κ3) is 5.83. The van der Waals surface area contributed by atoms with E-state index in [4.69, 9.17) is 16.3 Å². The van der Waals surface area contributed by atoms with Gasteiger partial charge in [-0.3, -0.25) is 14.2 Å². The van der Waals surface area contributed by atoms with Crippen molar-refractivity contribution in [1.82, 2.24) is 9.55 Å². The van der Waals surface area contributed by atoms with Crippen LogP contribution in [0.1, 0.15) is 13.3 Å². The lowest BCUT2D eigenvalue weighted by Gasteiger charge is -2.17. The van der Waals surface area contributed by atoms with Gasteiger partial charge in [0.2, 0.25) is 5.91 Å². The summed E-state index contributed by atoms with van der Waals surface area (Å²) in [5, 5.41) is 4.00. The van der Waals surface area contributed by atoms with E-state index in [-0.39, 0.29) is 11.5 Å². The lowest BCUT2D eigenvalue weighted by atomic mass is 10.2. The third-order valence-electron chi connectivity index (χ3n) is 4.63. The van der Waals surface area contributed by atoms with Crippen molar-refractivity contribution in [3.05, 3.63) is 57.8 Å². The van der Waals surface area contributed by atoms with Crippen molar-refractivity contribution in [2.45, 2.75) is 35.2 Å². The number of para-hydroxylation sites is 1. The van der Waals surface area contributed by atoms with Gasteiger partial charge < -0.3 is 10.1 Å². The molecule has 2 aromatic carbocycles. The molecule has 1 amide bonds. The molecule has 1 N–H and O–H groups in total. The average molecular weight is 478 g/mol. The number of methoxy groups -OCH3 is 1. The van der Waals surface area contributed by atoms with Crippen LogP contribution >= 0.6 is 35.1 Å². The highest BCUT2D eigenvalue weighted by molar-refractivity contribution is 8.00. The summed E-state index contributed by atoms with van der Waals surface area (Å²) in [6, 6.07) is 12.7. The highest BCUT2D eigenvalue weighted by Crippen LogP contribution is 2.28. The van der Waals surface area contributed by atoms with Gasteiger partial charge in [0.15, 0.2) is 5.16 Å². The number of hydrogen-bond donors (Lipinski definition) is 1. The minimum absolute atomic E-state index is 0.152. The van der Waals surface area contributed by atoms with E-state index in [2.05, 4.69) is 10.3 Å². The van der Waals surface area contributed by atoms with Gasteiger partial charge in [-0.1, -0.05) is 35.5 Å². The normalized spacial score (nSPS) is 12.1. The summed E-state index contributed by atoms with van der Waals surface area (Å²) in [7, 11) is 1.62. The van der Waals surface area contributed by atoms with Crippen molar-refractivity contribution in [1.29, 1.82) is 0 Å². The second-order valence-corrected chi connectivity index (χ2v) is 9.40. The van der Waals surface area contributed by atoms with Gasteiger partial charge in [-0.25, -0.2) is 4.98 Å². The molecule has 0 aliphatic carbocycles. The summed E-state index contributed by atoms with van der Waals surface area (Å²) in [5.41, 5.74) is 1.13. The van der Waals surface area contributed by atoms with Crippen LogP contribution in [-0.2, 0) is 16.1 Å². The maximum Gasteiger partial charge on any atom is 0.262 e. The molecule has 0 aliphatic rings. The fourth-order valence-electron chi connectivity index (χ4n) is 3.02. The second-order valence-electron chi connectivity index (χ2n) is 6.81. The van der Waals surface area contributed by atoms with Crippen molar-refractivity contribution >= 4 is 57.6 Å². The molecule has 1 atom stereocenters. The molecular formula is C22H24ClN3O3S2. The van der Waals surface area contributed by atoms with Crippen LogP contribution in [0.2, 0.25) is 5.02 Å². The van der Waals surface area contributed by atoms with E-state index in [1.165, 1.54) is 11.8 Å². The van der Waals surface area contributed by atoms with E-state index >= 15 is 0 Å². The number of aromatic nitrogens is 2. The molecule has 9 heteroatoms. The fraction of sp³-hybridized carbons (Fsp3) is 0.318. The van der Waals surface area contributed by atoms with E-state index in [0.29, 0.717) is 40.7 Å². The van der Waals surface area contributed by atoms with E-state index in [1.807, 2.05) is 30.5 Å². The van der Waals surface area contributed by atoms with Gasteiger partial charge >= 0.3 is 0 Å². The van der Waals surface area contributed by atoms with E-state index in [1.54, 1.807) is 48.6 Å². The first kappa shape index (κ1) is 23.7. The predicted molar refractivity (Wildman–Crippen MR) is 130 cm³/mol. The largest absolute Gasteiger partial charge is 0.385 e. The van der Waals surface area contributed by atoms with Gasteiger partial charge in [0.05, 0.1) is 21.8 Å². The number of carbonyl (C=O) groups excluding carboxylic acids is 1. The third-order valence-corrected chi connectivity index (χ3v) is 6.75. The fourth-order valence-corrected chi connectivity index (χ4v) is 4.68. The van der Waals surface area contributed by atoms with Crippen LogP contribution in [0.3, 0.4) is 0 Å². The Morgan fingerprint density at radius 3 is 2.81 bits per heavy atom. The van der Waals surface area contributed by atoms with Crippen LogP contribution in [0, 0.1) is 0 Å². The molecule has 1 unspecified atom stereocenters. The molecule has 31 heavy (non-hydrogen) atoms. The van der Waals surface area contributed by atoms with Crippen LogP contribution in [0.25, 0.3) is 10.9 Å². The van der Waals surface area contributed by atoms with Crippen LogP contribution in [-0.4, -0.2) is 40.7 Å². The quantitative estimate of drug-likeness (QED) is 0.267. The van der Waals surface area contributed by atoms with Gasteiger partial charge in [-0.15, -0.1) is 11.8 Å². The summed E-state index contributed by atoms with van der Waals surface area (Å²) >= 11 is 8.92. The average Bonchev–Trinajstić information content (AvgIpc) is 2.76. The Hall–Kier alpha value is -2.00. The van der Waals surface area contributed by atoms with Crippen LogP contribution in [0.5, 0.6) is 0 Å². The number of halogens is 1. The molecular weight excluding hydrogens is 454 g/mol. The van der Waals surface area contributed by atoms with Crippen molar-refractivity contribution in [3.8, 4) is 0 Å². The predicted octanol–water partition coefficient (Wildman–Crippen LogP) is 4.93. The molecule has 0 saturated heterocycles. The lowest BCUT2D eigenvalue weighted by Crippen LogP contribution is -2.27. The number of nitrogens with one attached hydrogen (secondary N) is 1. The molecule has 3 aromatic rings.